The number of benzene rings is 1. The number of allylic oxidation sites excluding steroid dienone is 1. The minimum atomic E-state index is -0.636. The summed E-state index contributed by atoms with van der Waals surface area (Å²) in [6.07, 6.45) is 4.05. The van der Waals surface area contributed by atoms with E-state index in [4.69, 9.17) is 9.47 Å². The Hall–Kier alpha value is -3.10. The Morgan fingerprint density at radius 1 is 1.10 bits per heavy atom. The van der Waals surface area contributed by atoms with E-state index in [2.05, 4.69) is 5.32 Å². The van der Waals surface area contributed by atoms with Gasteiger partial charge in [-0.1, -0.05) is 18.2 Å². The Labute approximate surface area is 173 Å². The van der Waals surface area contributed by atoms with Crippen LogP contribution in [0.3, 0.4) is 0 Å². The van der Waals surface area contributed by atoms with Crippen molar-refractivity contribution in [2.75, 3.05) is 26.2 Å². The maximum Gasteiger partial charge on any atom is 0.410 e. The van der Waals surface area contributed by atoms with Crippen molar-refractivity contribution in [2.45, 2.75) is 38.5 Å². The van der Waals surface area contributed by atoms with Crippen LogP contribution in [0.2, 0.25) is 0 Å². The first-order chi connectivity index (χ1) is 14.5. The Balaban J connectivity index is 1.52. The number of cyclic esters (lactones) is 1. The van der Waals surface area contributed by atoms with Gasteiger partial charge in [-0.05, 0) is 30.0 Å². The fourth-order valence-corrected chi connectivity index (χ4v) is 3.92. The molecule has 160 valence electrons. The predicted molar refractivity (Wildman–Crippen MR) is 105 cm³/mol. The highest BCUT2D eigenvalue weighted by molar-refractivity contribution is 5.82. The van der Waals surface area contributed by atoms with E-state index in [0.29, 0.717) is 31.4 Å². The zero-order valence-electron chi connectivity index (χ0n) is 16.6. The topological polar surface area (TPSA) is 88.2 Å². The van der Waals surface area contributed by atoms with Gasteiger partial charge in [0.05, 0.1) is 26.2 Å². The second kappa shape index (κ2) is 8.73. The molecule has 1 aromatic rings. The van der Waals surface area contributed by atoms with Gasteiger partial charge in [0, 0.05) is 18.5 Å². The van der Waals surface area contributed by atoms with E-state index in [0.717, 1.165) is 11.1 Å². The molecule has 3 heterocycles. The second-order valence-corrected chi connectivity index (χ2v) is 7.62. The molecule has 0 unspecified atom stereocenters. The molecule has 9 heteroatoms. The molecule has 1 atom stereocenters. The highest BCUT2D eigenvalue weighted by Gasteiger charge is 2.33. The maximum absolute atomic E-state index is 14.3. The molecule has 0 aliphatic carbocycles. The summed E-state index contributed by atoms with van der Waals surface area (Å²) >= 11 is 0. The summed E-state index contributed by atoms with van der Waals surface area (Å²) in [7, 11) is 0. The van der Waals surface area contributed by atoms with Crippen molar-refractivity contribution in [1.29, 1.82) is 0 Å². The third kappa shape index (κ3) is 4.39. The van der Waals surface area contributed by atoms with Gasteiger partial charge in [0.15, 0.2) is 0 Å². The average molecular weight is 417 g/mol. The van der Waals surface area contributed by atoms with Crippen LogP contribution in [0, 0.1) is 5.82 Å². The minimum Gasteiger partial charge on any atom is -0.450 e. The molecule has 3 aliphatic rings. The van der Waals surface area contributed by atoms with Gasteiger partial charge >= 0.3 is 12.2 Å². The van der Waals surface area contributed by atoms with Crippen molar-refractivity contribution in [3.8, 4) is 0 Å². The molecule has 30 heavy (non-hydrogen) atoms. The van der Waals surface area contributed by atoms with Crippen molar-refractivity contribution in [1.82, 2.24) is 15.1 Å². The second-order valence-electron chi connectivity index (χ2n) is 7.62. The number of ether oxygens (including phenoxy) is 2. The molecular weight excluding hydrogens is 393 g/mol. The SMILES string of the molecule is O=C1NCC(=O)N2CC[C@H](C2)OC(=O)N2Cc3c(F)ccc(c3C2)/C=C/CCCO1. The number of carbonyl (C=O) groups excluding carboxylic acids is 3. The molecule has 4 bridgehead atoms. The first-order valence-electron chi connectivity index (χ1n) is 10.1. The molecule has 1 saturated heterocycles. The van der Waals surface area contributed by atoms with Gasteiger partial charge in [-0.15, -0.1) is 0 Å². The molecule has 1 N–H and O–H groups in total. The summed E-state index contributed by atoms with van der Waals surface area (Å²) in [6, 6.07) is 3.11. The highest BCUT2D eigenvalue weighted by Crippen LogP contribution is 2.30. The lowest BCUT2D eigenvalue weighted by Crippen LogP contribution is -2.40. The van der Waals surface area contributed by atoms with Crippen LogP contribution < -0.4 is 5.32 Å². The van der Waals surface area contributed by atoms with Crippen LogP contribution >= 0.6 is 0 Å². The Morgan fingerprint density at radius 3 is 2.80 bits per heavy atom. The van der Waals surface area contributed by atoms with Crippen LogP contribution in [0.5, 0.6) is 0 Å². The zero-order chi connectivity index (χ0) is 21.1. The van der Waals surface area contributed by atoms with E-state index < -0.39 is 18.3 Å². The quantitative estimate of drug-likeness (QED) is 0.700. The first kappa shape index (κ1) is 20.2. The number of nitrogens with one attached hydrogen (secondary N) is 1. The Morgan fingerprint density at radius 2 is 1.93 bits per heavy atom. The number of fused-ring (bicyclic) bond motifs is 3. The van der Waals surface area contributed by atoms with Gasteiger partial charge in [-0.25, -0.2) is 14.0 Å². The van der Waals surface area contributed by atoms with E-state index >= 15 is 0 Å². The monoisotopic (exact) mass is 417 g/mol. The van der Waals surface area contributed by atoms with Crippen LogP contribution in [0.15, 0.2) is 18.2 Å². The molecule has 4 rings (SSSR count). The molecule has 8 nitrogen and oxygen atoms in total. The lowest BCUT2D eigenvalue weighted by atomic mass is 10.0. The van der Waals surface area contributed by atoms with E-state index in [1.54, 1.807) is 11.0 Å². The predicted octanol–water partition coefficient (Wildman–Crippen LogP) is 2.41. The van der Waals surface area contributed by atoms with Gasteiger partial charge in [0.2, 0.25) is 5.91 Å². The number of rotatable bonds is 0. The van der Waals surface area contributed by atoms with Crippen molar-refractivity contribution < 1.29 is 28.2 Å². The van der Waals surface area contributed by atoms with Gasteiger partial charge in [0.25, 0.3) is 0 Å². The summed E-state index contributed by atoms with van der Waals surface area (Å²) in [6.45, 7) is 1.22. The molecule has 1 aromatic carbocycles. The zero-order valence-corrected chi connectivity index (χ0v) is 16.6. The molecule has 0 aromatic heterocycles. The lowest BCUT2D eigenvalue weighted by Gasteiger charge is -2.20. The summed E-state index contributed by atoms with van der Waals surface area (Å²) in [5.41, 5.74) is 2.14. The van der Waals surface area contributed by atoms with Crippen LogP contribution in [0.1, 0.15) is 36.0 Å². The van der Waals surface area contributed by atoms with E-state index in [1.165, 1.54) is 11.0 Å². The minimum absolute atomic E-state index is 0.164. The average Bonchev–Trinajstić information content (AvgIpc) is 3.37. The van der Waals surface area contributed by atoms with Crippen molar-refractivity contribution >= 4 is 24.2 Å². The smallest absolute Gasteiger partial charge is 0.410 e. The highest BCUT2D eigenvalue weighted by atomic mass is 19.1. The standard InChI is InChI=1S/C21H24FN3O5/c22-18-6-5-14-4-2-1-3-9-29-20(27)23-10-19(26)24-8-7-15(11-24)30-21(28)25-12-16(14)17(18)13-25/h2,4-6,15H,1,3,7-13H2,(H,23,27)/b4-2+/t15-/m1/s1. The van der Waals surface area contributed by atoms with Gasteiger partial charge in [-0.3, -0.25) is 9.69 Å². The molecular formula is C21H24FN3O5. The molecule has 0 spiro atoms. The van der Waals surface area contributed by atoms with Crippen LogP contribution in [-0.2, 0) is 27.4 Å². The maximum atomic E-state index is 14.3. The summed E-state index contributed by atoms with van der Waals surface area (Å²) < 4.78 is 25.0. The summed E-state index contributed by atoms with van der Waals surface area (Å²) in [5.74, 6) is -0.594. The number of hydrogen-bond acceptors (Lipinski definition) is 5. The normalized spacial score (nSPS) is 23.8. The number of amides is 3. The van der Waals surface area contributed by atoms with Crippen molar-refractivity contribution in [3.05, 3.63) is 40.7 Å². The van der Waals surface area contributed by atoms with E-state index in [-0.39, 0.29) is 44.5 Å². The number of alkyl carbamates (subject to hydrolysis) is 1. The number of halogens is 1. The lowest BCUT2D eigenvalue weighted by molar-refractivity contribution is -0.129. The fourth-order valence-electron chi connectivity index (χ4n) is 3.92. The third-order valence-electron chi connectivity index (χ3n) is 5.56. The van der Waals surface area contributed by atoms with Crippen LogP contribution in [-0.4, -0.2) is 60.2 Å². The number of nitrogens with zero attached hydrogens (tertiary/aromatic N) is 2. The third-order valence-corrected chi connectivity index (χ3v) is 5.56. The number of carbonyl (C=O) groups is 3. The van der Waals surface area contributed by atoms with Crippen LogP contribution in [0.25, 0.3) is 6.08 Å². The van der Waals surface area contributed by atoms with Gasteiger partial charge in [0.1, 0.15) is 18.5 Å². The summed E-state index contributed by atoms with van der Waals surface area (Å²) in [4.78, 5) is 39.7. The fraction of sp³-hybridized carbons (Fsp3) is 0.476. The molecule has 3 aliphatic heterocycles. The molecule has 1 fully saturated rings. The van der Waals surface area contributed by atoms with Crippen molar-refractivity contribution in [2.24, 2.45) is 0 Å². The first-order valence-corrected chi connectivity index (χ1v) is 10.1. The van der Waals surface area contributed by atoms with Crippen molar-refractivity contribution in [3.63, 3.8) is 0 Å². The van der Waals surface area contributed by atoms with E-state index in [9.17, 15) is 18.8 Å². The summed E-state index contributed by atoms with van der Waals surface area (Å²) in [5, 5.41) is 2.45. The Bertz CT molecular complexity index is 888. The number of hydrogen-bond donors (Lipinski definition) is 1. The molecule has 3 amide bonds. The largest absolute Gasteiger partial charge is 0.450 e. The van der Waals surface area contributed by atoms with Gasteiger partial charge < -0.3 is 19.7 Å². The van der Waals surface area contributed by atoms with E-state index in [1.807, 2.05) is 12.2 Å². The van der Waals surface area contributed by atoms with Gasteiger partial charge in [-0.2, -0.15) is 0 Å². The molecule has 0 saturated carbocycles. The van der Waals surface area contributed by atoms with Crippen LogP contribution in [0.4, 0.5) is 14.0 Å². The molecule has 0 radical (unpaired) electrons. The Kier molecular flexibility index (Phi) is 5.87.